The SMILES string of the molecule is Cc1ccc(C2=CCC(C)(C)C=C2/C=C/C#Cc2ccc(C(=O)[O-])cc2)cc1. The molecule has 0 radical (unpaired) electrons. The van der Waals surface area contributed by atoms with Crippen LogP contribution in [0.4, 0.5) is 0 Å². The van der Waals surface area contributed by atoms with E-state index in [1.54, 1.807) is 12.1 Å². The molecule has 2 aromatic rings. The van der Waals surface area contributed by atoms with Gasteiger partial charge >= 0.3 is 0 Å². The van der Waals surface area contributed by atoms with Gasteiger partial charge in [-0.3, -0.25) is 0 Å². The van der Waals surface area contributed by atoms with Gasteiger partial charge in [-0.1, -0.05) is 79.8 Å². The van der Waals surface area contributed by atoms with Crippen LogP contribution in [0.1, 0.15) is 47.3 Å². The molecule has 0 unspecified atom stereocenters. The number of rotatable bonds is 3. The fraction of sp³-hybridized carbons (Fsp3) is 0.192. The second-order valence-electron chi connectivity index (χ2n) is 7.74. The lowest BCUT2D eigenvalue weighted by Gasteiger charge is -2.26. The number of carbonyl (C=O) groups is 1. The first-order chi connectivity index (χ1) is 13.3. The smallest absolute Gasteiger partial charge is 0.0715 e. The number of hydrogen-bond donors (Lipinski definition) is 0. The Kier molecular flexibility index (Phi) is 5.66. The molecule has 0 saturated heterocycles. The number of carboxylic acid groups (broad SMARTS) is 1. The molecule has 28 heavy (non-hydrogen) atoms. The van der Waals surface area contributed by atoms with Crippen molar-refractivity contribution in [3.05, 3.63) is 101 Å². The number of aromatic carboxylic acids is 1. The second-order valence-corrected chi connectivity index (χ2v) is 7.74. The van der Waals surface area contributed by atoms with Crippen molar-refractivity contribution in [3.63, 3.8) is 0 Å². The molecule has 1 aliphatic carbocycles. The summed E-state index contributed by atoms with van der Waals surface area (Å²) in [5.41, 5.74) is 5.89. The maximum Gasteiger partial charge on any atom is 0.0715 e. The van der Waals surface area contributed by atoms with Crippen molar-refractivity contribution in [1.82, 2.24) is 0 Å². The van der Waals surface area contributed by atoms with E-state index in [9.17, 15) is 9.90 Å². The molecule has 0 atom stereocenters. The number of carbonyl (C=O) groups excluding carboxylic acids is 1. The monoisotopic (exact) mass is 367 g/mol. The van der Waals surface area contributed by atoms with Crippen LogP contribution in [0, 0.1) is 24.2 Å². The Morgan fingerprint density at radius 3 is 2.39 bits per heavy atom. The van der Waals surface area contributed by atoms with E-state index < -0.39 is 5.97 Å². The maximum atomic E-state index is 10.8. The minimum atomic E-state index is -1.18. The summed E-state index contributed by atoms with van der Waals surface area (Å²) in [4.78, 5) is 10.8. The molecule has 2 aromatic carbocycles. The molecule has 3 rings (SSSR count). The third kappa shape index (κ3) is 4.90. The highest BCUT2D eigenvalue weighted by atomic mass is 16.4. The first kappa shape index (κ1) is 19.5. The normalized spacial score (nSPS) is 15.4. The second kappa shape index (κ2) is 8.15. The van der Waals surface area contributed by atoms with Crippen molar-refractivity contribution in [2.75, 3.05) is 0 Å². The molecule has 0 fully saturated rings. The van der Waals surface area contributed by atoms with Gasteiger partial charge in [-0.05, 0) is 65.3 Å². The highest BCUT2D eigenvalue weighted by Crippen LogP contribution is 2.37. The predicted octanol–water partition coefficient (Wildman–Crippen LogP) is 4.71. The van der Waals surface area contributed by atoms with Gasteiger partial charge in [-0.15, -0.1) is 0 Å². The Morgan fingerprint density at radius 1 is 1.07 bits per heavy atom. The van der Waals surface area contributed by atoms with E-state index in [1.165, 1.54) is 34.4 Å². The zero-order valence-electron chi connectivity index (χ0n) is 16.5. The van der Waals surface area contributed by atoms with E-state index in [4.69, 9.17) is 0 Å². The zero-order chi connectivity index (χ0) is 20.1. The van der Waals surface area contributed by atoms with Gasteiger partial charge in [0.15, 0.2) is 0 Å². The molecule has 0 amide bonds. The van der Waals surface area contributed by atoms with Crippen molar-refractivity contribution in [3.8, 4) is 11.8 Å². The Hall–Kier alpha value is -3.31. The molecule has 140 valence electrons. The Labute approximate surface area is 166 Å². The van der Waals surface area contributed by atoms with Crippen LogP contribution in [0.25, 0.3) is 5.57 Å². The van der Waals surface area contributed by atoms with Gasteiger partial charge in [0.1, 0.15) is 0 Å². The summed E-state index contributed by atoms with van der Waals surface area (Å²) in [6.07, 6.45) is 9.51. The number of aryl methyl sites for hydroxylation is 1. The largest absolute Gasteiger partial charge is 0.545 e. The van der Waals surface area contributed by atoms with E-state index >= 15 is 0 Å². The van der Waals surface area contributed by atoms with Crippen LogP contribution in [0.5, 0.6) is 0 Å². The van der Waals surface area contributed by atoms with Crippen LogP contribution in [0.3, 0.4) is 0 Å². The van der Waals surface area contributed by atoms with Crippen LogP contribution in [-0.4, -0.2) is 5.97 Å². The van der Waals surface area contributed by atoms with E-state index in [1.807, 2.05) is 6.08 Å². The summed E-state index contributed by atoms with van der Waals surface area (Å²) >= 11 is 0. The lowest BCUT2D eigenvalue weighted by molar-refractivity contribution is -0.255. The first-order valence-corrected chi connectivity index (χ1v) is 9.34. The third-order valence-corrected chi connectivity index (χ3v) is 4.74. The molecular weight excluding hydrogens is 344 g/mol. The van der Waals surface area contributed by atoms with Gasteiger partial charge in [-0.25, -0.2) is 0 Å². The standard InChI is InChI=1S/C26H24O2/c1-19-8-12-21(13-9-19)24-16-17-26(2,3)18-23(24)7-5-4-6-20-10-14-22(15-11-20)25(27)28/h5,7-16,18H,17H2,1-3H3,(H,27,28)/p-1/b7-5+. The van der Waals surface area contributed by atoms with E-state index in [-0.39, 0.29) is 11.0 Å². The topological polar surface area (TPSA) is 40.1 Å². The number of hydrogen-bond acceptors (Lipinski definition) is 2. The van der Waals surface area contributed by atoms with Crippen molar-refractivity contribution >= 4 is 11.5 Å². The number of carboxylic acids is 1. The predicted molar refractivity (Wildman–Crippen MR) is 112 cm³/mol. The van der Waals surface area contributed by atoms with Gasteiger partial charge < -0.3 is 9.90 Å². The Balaban J connectivity index is 1.81. The van der Waals surface area contributed by atoms with Gasteiger partial charge in [-0.2, -0.15) is 0 Å². The summed E-state index contributed by atoms with van der Waals surface area (Å²) in [5.74, 6) is 4.90. The molecule has 0 bridgehead atoms. The zero-order valence-corrected chi connectivity index (χ0v) is 16.5. The molecule has 0 heterocycles. The summed E-state index contributed by atoms with van der Waals surface area (Å²) < 4.78 is 0. The third-order valence-electron chi connectivity index (χ3n) is 4.74. The van der Waals surface area contributed by atoms with Crippen LogP contribution < -0.4 is 5.11 Å². The van der Waals surface area contributed by atoms with E-state index in [0.717, 1.165) is 12.0 Å². The first-order valence-electron chi connectivity index (χ1n) is 9.34. The summed E-state index contributed by atoms with van der Waals surface area (Å²) in [5, 5.41) is 10.8. The summed E-state index contributed by atoms with van der Waals surface area (Å²) in [6, 6.07) is 15.0. The van der Waals surface area contributed by atoms with Crippen LogP contribution >= 0.6 is 0 Å². The van der Waals surface area contributed by atoms with E-state index in [0.29, 0.717) is 0 Å². The average molecular weight is 367 g/mol. The number of benzene rings is 2. The van der Waals surface area contributed by atoms with Crippen molar-refractivity contribution in [1.29, 1.82) is 0 Å². The fourth-order valence-corrected chi connectivity index (χ4v) is 3.14. The Bertz CT molecular complexity index is 1020. The molecule has 0 N–H and O–H groups in total. The fourth-order valence-electron chi connectivity index (χ4n) is 3.14. The minimum absolute atomic E-state index is 0.113. The molecule has 0 saturated carbocycles. The van der Waals surface area contributed by atoms with Crippen molar-refractivity contribution in [2.24, 2.45) is 5.41 Å². The molecule has 1 aliphatic rings. The molecule has 0 spiro atoms. The minimum Gasteiger partial charge on any atom is -0.545 e. The number of allylic oxidation sites excluding steroid dienone is 6. The summed E-state index contributed by atoms with van der Waals surface area (Å²) in [6.45, 7) is 6.55. The van der Waals surface area contributed by atoms with Crippen LogP contribution in [0.2, 0.25) is 0 Å². The lowest BCUT2D eigenvalue weighted by Crippen LogP contribution is -2.21. The molecule has 0 aliphatic heterocycles. The Morgan fingerprint density at radius 2 is 1.75 bits per heavy atom. The molecule has 2 heteroatoms. The van der Waals surface area contributed by atoms with Crippen molar-refractivity contribution in [2.45, 2.75) is 27.2 Å². The highest BCUT2D eigenvalue weighted by molar-refractivity contribution is 5.86. The van der Waals surface area contributed by atoms with Gasteiger partial charge in [0, 0.05) is 5.56 Å². The maximum absolute atomic E-state index is 10.8. The molecule has 2 nitrogen and oxygen atoms in total. The van der Waals surface area contributed by atoms with Crippen LogP contribution in [-0.2, 0) is 0 Å². The van der Waals surface area contributed by atoms with Crippen molar-refractivity contribution < 1.29 is 9.90 Å². The van der Waals surface area contributed by atoms with Gasteiger partial charge in [0.05, 0.1) is 5.97 Å². The highest BCUT2D eigenvalue weighted by Gasteiger charge is 2.21. The summed E-state index contributed by atoms with van der Waals surface area (Å²) in [7, 11) is 0. The van der Waals surface area contributed by atoms with Gasteiger partial charge in [0.2, 0.25) is 0 Å². The average Bonchev–Trinajstić information content (AvgIpc) is 2.66. The molecule has 0 aromatic heterocycles. The van der Waals surface area contributed by atoms with Gasteiger partial charge in [0.25, 0.3) is 0 Å². The lowest BCUT2D eigenvalue weighted by atomic mass is 9.78. The quantitative estimate of drug-likeness (QED) is 0.738. The molecular formula is C26H23O2-. The van der Waals surface area contributed by atoms with Crippen LogP contribution in [0.15, 0.2) is 78.4 Å². The van der Waals surface area contributed by atoms with E-state index in [2.05, 4.69) is 75.1 Å².